The number of anilines is 1. The van der Waals surface area contributed by atoms with Gasteiger partial charge >= 0.3 is 0 Å². The molecule has 1 aromatic carbocycles. The molecule has 2 rings (SSSR count). The van der Waals surface area contributed by atoms with E-state index in [2.05, 4.69) is 33.2 Å². The molecule has 4 heteroatoms. The molecule has 0 aliphatic heterocycles. The predicted octanol–water partition coefficient (Wildman–Crippen LogP) is 3.85. The number of hydrogen-bond donors (Lipinski definition) is 1. The summed E-state index contributed by atoms with van der Waals surface area (Å²) in [5.41, 5.74) is 1.98. The number of aromatic nitrogens is 1. The fraction of sp³-hybridized carbons (Fsp3) is 0.214. The lowest BCUT2D eigenvalue weighted by Gasteiger charge is -2.08. The van der Waals surface area contributed by atoms with Crippen molar-refractivity contribution in [3.63, 3.8) is 0 Å². The van der Waals surface area contributed by atoms with Crippen LogP contribution in [0, 0.1) is 0 Å². The van der Waals surface area contributed by atoms with Gasteiger partial charge in [-0.1, -0.05) is 22.0 Å². The van der Waals surface area contributed by atoms with E-state index >= 15 is 0 Å². The van der Waals surface area contributed by atoms with Gasteiger partial charge in [-0.25, -0.2) is 0 Å². The summed E-state index contributed by atoms with van der Waals surface area (Å²) in [5.74, 6) is 0.833. The van der Waals surface area contributed by atoms with Crippen LogP contribution in [0.2, 0.25) is 0 Å². The summed E-state index contributed by atoms with van der Waals surface area (Å²) >= 11 is 3.41. The first-order valence-electron chi connectivity index (χ1n) is 5.85. The van der Waals surface area contributed by atoms with Crippen LogP contribution in [0.15, 0.2) is 47.1 Å². The number of pyridine rings is 1. The molecule has 0 spiro atoms. The molecule has 0 amide bonds. The summed E-state index contributed by atoms with van der Waals surface area (Å²) in [6.07, 6.45) is 1.79. The maximum atomic E-state index is 5.69. The Balaban J connectivity index is 1.99. The molecule has 0 aliphatic rings. The van der Waals surface area contributed by atoms with E-state index < -0.39 is 0 Å². The molecule has 0 atom stereocenters. The average molecular weight is 307 g/mol. The number of hydrogen-bond acceptors (Lipinski definition) is 3. The Labute approximate surface area is 115 Å². The molecule has 3 nitrogen and oxygen atoms in total. The van der Waals surface area contributed by atoms with Gasteiger partial charge in [0.1, 0.15) is 12.4 Å². The molecule has 18 heavy (non-hydrogen) atoms. The van der Waals surface area contributed by atoms with E-state index in [1.54, 1.807) is 6.20 Å². The van der Waals surface area contributed by atoms with Crippen molar-refractivity contribution in [3.05, 3.63) is 52.8 Å². The summed E-state index contributed by atoms with van der Waals surface area (Å²) in [6, 6.07) is 11.7. The Morgan fingerprint density at radius 2 is 2.17 bits per heavy atom. The Hall–Kier alpha value is -1.55. The molecule has 0 fully saturated rings. The second-order valence-electron chi connectivity index (χ2n) is 3.81. The summed E-state index contributed by atoms with van der Waals surface area (Å²) in [7, 11) is 0. The highest BCUT2D eigenvalue weighted by Crippen LogP contribution is 2.19. The highest BCUT2D eigenvalue weighted by atomic mass is 79.9. The van der Waals surface area contributed by atoms with Crippen molar-refractivity contribution < 1.29 is 4.74 Å². The Morgan fingerprint density at radius 3 is 2.94 bits per heavy atom. The Kier molecular flexibility index (Phi) is 4.59. The fourth-order valence-corrected chi connectivity index (χ4v) is 1.96. The van der Waals surface area contributed by atoms with Crippen molar-refractivity contribution in [1.29, 1.82) is 0 Å². The van der Waals surface area contributed by atoms with Crippen LogP contribution < -0.4 is 10.1 Å². The lowest BCUT2D eigenvalue weighted by atomic mass is 10.3. The number of nitrogens with zero attached hydrogens (tertiary/aromatic N) is 1. The molecule has 1 N–H and O–H groups in total. The third-order valence-electron chi connectivity index (χ3n) is 2.38. The maximum Gasteiger partial charge on any atom is 0.130 e. The molecular formula is C14H15BrN2O. The molecule has 94 valence electrons. The largest absolute Gasteiger partial charge is 0.487 e. The first kappa shape index (κ1) is 12.9. The smallest absolute Gasteiger partial charge is 0.130 e. The van der Waals surface area contributed by atoms with Crippen LogP contribution in [-0.4, -0.2) is 11.5 Å². The standard InChI is InChI=1S/C14H15BrN2O/c1-2-16-12-6-7-17-13(9-12)10-18-14-5-3-4-11(15)8-14/h3-9H,2,10H2,1H3,(H,16,17). The van der Waals surface area contributed by atoms with Gasteiger partial charge in [-0.15, -0.1) is 0 Å². The normalized spacial score (nSPS) is 10.1. The minimum Gasteiger partial charge on any atom is -0.487 e. The van der Waals surface area contributed by atoms with Crippen LogP contribution in [0.3, 0.4) is 0 Å². The van der Waals surface area contributed by atoms with Gasteiger partial charge in [-0.2, -0.15) is 0 Å². The average Bonchev–Trinajstić information content (AvgIpc) is 2.37. The van der Waals surface area contributed by atoms with Crippen molar-refractivity contribution in [2.75, 3.05) is 11.9 Å². The molecule has 0 saturated carbocycles. The lowest BCUT2D eigenvalue weighted by Crippen LogP contribution is -2.01. The topological polar surface area (TPSA) is 34.2 Å². The van der Waals surface area contributed by atoms with Crippen molar-refractivity contribution in [1.82, 2.24) is 4.98 Å². The van der Waals surface area contributed by atoms with Gasteiger partial charge in [-0.3, -0.25) is 4.98 Å². The van der Waals surface area contributed by atoms with Crippen LogP contribution in [0.25, 0.3) is 0 Å². The number of benzene rings is 1. The van der Waals surface area contributed by atoms with E-state index in [1.165, 1.54) is 0 Å². The first-order valence-corrected chi connectivity index (χ1v) is 6.64. The van der Waals surface area contributed by atoms with Crippen molar-refractivity contribution in [3.8, 4) is 5.75 Å². The second kappa shape index (κ2) is 6.40. The Morgan fingerprint density at radius 1 is 1.28 bits per heavy atom. The van der Waals surface area contributed by atoms with E-state index in [-0.39, 0.29) is 0 Å². The molecular weight excluding hydrogens is 292 g/mol. The van der Waals surface area contributed by atoms with E-state index in [0.29, 0.717) is 6.61 Å². The lowest BCUT2D eigenvalue weighted by molar-refractivity contribution is 0.301. The van der Waals surface area contributed by atoms with Crippen molar-refractivity contribution in [2.45, 2.75) is 13.5 Å². The molecule has 2 aromatic rings. The van der Waals surface area contributed by atoms with Gasteiger partial charge in [0, 0.05) is 22.9 Å². The van der Waals surface area contributed by atoms with Crippen LogP contribution in [0.5, 0.6) is 5.75 Å². The monoisotopic (exact) mass is 306 g/mol. The van der Waals surface area contributed by atoms with E-state index in [9.17, 15) is 0 Å². The number of rotatable bonds is 5. The van der Waals surface area contributed by atoms with Gasteiger partial charge < -0.3 is 10.1 Å². The highest BCUT2D eigenvalue weighted by molar-refractivity contribution is 9.10. The van der Waals surface area contributed by atoms with Crippen LogP contribution in [0.4, 0.5) is 5.69 Å². The summed E-state index contributed by atoms with van der Waals surface area (Å²) < 4.78 is 6.69. The maximum absolute atomic E-state index is 5.69. The van der Waals surface area contributed by atoms with Crippen molar-refractivity contribution >= 4 is 21.6 Å². The SMILES string of the molecule is CCNc1ccnc(COc2cccc(Br)c2)c1. The minimum atomic E-state index is 0.468. The van der Waals surface area contributed by atoms with E-state index in [4.69, 9.17) is 4.74 Å². The van der Waals surface area contributed by atoms with Crippen LogP contribution >= 0.6 is 15.9 Å². The van der Waals surface area contributed by atoms with Crippen molar-refractivity contribution in [2.24, 2.45) is 0 Å². The van der Waals surface area contributed by atoms with Gasteiger partial charge in [0.05, 0.1) is 5.69 Å². The fourth-order valence-electron chi connectivity index (χ4n) is 1.59. The van der Waals surface area contributed by atoms with Crippen LogP contribution in [-0.2, 0) is 6.61 Å². The Bertz CT molecular complexity index is 517. The van der Waals surface area contributed by atoms with E-state index in [1.807, 2.05) is 36.4 Å². The molecule has 0 saturated heterocycles. The summed E-state index contributed by atoms with van der Waals surface area (Å²) in [5, 5.41) is 3.25. The van der Waals surface area contributed by atoms with Gasteiger partial charge in [-0.05, 0) is 37.3 Å². The van der Waals surface area contributed by atoms with Gasteiger partial charge in [0.15, 0.2) is 0 Å². The zero-order chi connectivity index (χ0) is 12.8. The summed E-state index contributed by atoms with van der Waals surface area (Å²) in [6.45, 7) is 3.43. The van der Waals surface area contributed by atoms with Crippen LogP contribution in [0.1, 0.15) is 12.6 Å². The first-order chi connectivity index (χ1) is 8.78. The highest BCUT2D eigenvalue weighted by Gasteiger charge is 1.99. The number of ether oxygens (including phenoxy) is 1. The zero-order valence-electron chi connectivity index (χ0n) is 10.2. The molecule has 1 heterocycles. The molecule has 0 unspecified atom stereocenters. The summed E-state index contributed by atoms with van der Waals surface area (Å²) in [4.78, 5) is 4.28. The molecule has 0 bridgehead atoms. The molecule has 1 aromatic heterocycles. The third kappa shape index (κ3) is 3.74. The third-order valence-corrected chi connectivity index (χ3v) is 2.87. The predicted molar refractivity (Wildman–Crippen MR) is 76.9 cm³/mol. The quantitative estimate of drug-likeness (QED) is 0.911. The zero-order valence-corrected chi connectivity index (χ0v) is 11.8. The number of halogens is 1. The molecule has 0 aliphatic carbocycles. The second-order valence-corrected chi connectivity index (χ2v) is 4.73. The van der Waals surface area contributed by atoms with Gasteiger partial charge in [0.25, 0.3) is 0 Å². The van der Waals surface area contributed by atoms with Gasteiger partial charge in [0.2, 0.25) is 0 Å². The molecule has 0 radical (unpaired) electrons. The van der Waals surface area contributed by atoms with E-state index in [0.717, 1.165) is 28.1 Å². The minimum absolute atomic E-state index is 0.468. The number of nitrogens with one attached hydrogen (secondary N) is 1.